The molecule has 2 aromatic rings. The zero-order valence-corrected chi connectivity index (χ0v) is 18.8. The molecule has 7 heteroatoms. The SMILES string of the molecule is COc1cc(N2CCN(CCC3=C(C)c4cc(F)ccc4OC3O)CC2)ccc1Br. The van der Waals surface area contributed by atoms with Crippen molar-refractivity contribution in [2.75, 3.05) is 44.7 Å². The van der Waals surface area contributed by atoms with E-state index in [0.717, 1.165) is 65.3 Å². The monoisotopic (exact) mass is 476 g/mol. The average molecular weight is 477 g/mol. The number of fused-ring (bicyclic) bond motifs is 1. The van der Waals surface area contributed by atoms with Crippen LogP contribution in [0.1, 0.15) is 18.9 Å². The fourth-order valence-corrected chi connectivity index (χ4v) is 4.52. The number of methoxy groups -OCH3 is 1. The molecule has 160 valence electrons. The summed E-state index contributed by atoms with van der Waals surface area (Å²) in [5, 5.41) is 10.4. The largest absolute Gasteiger partial charge is 0.495 e. The van der Waals surface area contributed by atoms with E-state index in [1.807, 2.05) is 13.0 Å². The van der Waals surface area contributed by atoms with Gasteiger partial charge in [0.1, 0.15) is 17.3 Å². The summed E-state index contributed by atoms with van der Waals surface area (Å²) in [6.07, 6.45) is -0.283. The first kappa shape index (κ1) is 21.2. The molecule has 2 aliphatic heterocycles. The number of aliphatic hydroxyl groups excluding tert-OH is 1. The van der Waals surface area contributed by atoms with Crippen LogP contribution < -0.4 is 14.4 Å². The molecule has 0 radical (unpaired) electrons. The molecule has 5 nitrogen and oxygen atoms in total. The minimum Gasteiger partial charge on any atom is -0.495 e. The van der Waals surface area contributed by atoms with E-state index in [2.05, 4.69) is 37.9 Å². The Hall–Kier alpha value is -2.09. The Labute approximate surface area is 184 Å². The zero-order chi connectivity index (χ0) is 21.3. The molecular formula is C23H26BrFN2O3. The molecule has 1 fully saturated rings. The highest BCUT2D eigenvalue weighted by Crippen LogP contribution is 2.37. The second-order valence-corrected chi connectivity index (χ2v) is 8.51. The third kappa shape index (κ3) is 4.33. The van der Waals surface area contributed by atoms with E-state index in [4.69, 9.17) is 9.47 Å². The van der Waals surface area contributed by atoms with Crippen LogP contribution in [0.15, 0.2) is 46.4 Å². The summed E-state index contributed by atoms with van der Waals surface area (Å²) in [5.74, 6) is 1.07. The van der Waals surface area contributed by atoms with E-state index < -0.39 is 6.29 Å². The van der Waals surface area contributed by atoms with Gasteiger partial charge in [-0.25, -0.2) is 4.39 Å². The minimum absolute atomic E-state index is 0.298. The van der Waals surface area contributed by atoms with Crippen LogP contribution in [0.25, 0.3) is 5.57 Å². The predicted molar refractivity (Wildman–Crippen MR) is 120 cm³/mol. The van der Waals surface area contributed by atoms with Crippen LogP contribution in [0.2, 0.25) is 0 Å². The molecule has 2 aromatic carbocycles. The maximum atomic E-state index is 13.7. The van der Waals surface area contributed by atoms with Crippen molar-refractivity contribution in [3.8, 4) is 11.5 Å². The Kier molecular flexibility index (Phi) is 6.32. The third-order valence-electron chi connectivity index (χ3n) is 5.93. The lowest BCUT2D eigenvalue weighted by Crippen LogP contribution is -2.47. The normalized spacial score (nSPS) is 19.5. The summed E-state index contributed by atoms with van der Waals surface area (Å²) in [6, 6.07) is 10.6. The summed E-state index contributed by atoms with van der Waals surface area (Å²) in [6.45, 7) is 6.49. The van der Waals surface area contributed by atoms with E-state index in [1.165, 1.54) is 12.1 Å². The molecule has 1 N–H and O–H groups in total. The van der Waals surface area contributed by atoms with Gasteiger partial charge in [0, 0.05) is 55.6 Å². The van der Waals surface area contributed by atoms with Crippen LogP contribution >= 0.6 is 15.9 Å². The van der Waals surface area contributed by atoms with Gasteiger partial charge in [0.15, 0.2) is 0 Å². The van der Waals surface area contributed by atoms with Crippen molar-refractivity contribution in [3.63, 3.8) is 0 Å². The summed E-state index contributed by atoms with van der Waals surface area (Å²) in [7, 11) is 1.68. The Balaban J connectivity index is 1.37. The number of nitrogens with zero attached hydrogens (tertiary/aromatic N) is 2. The molecule has 0 aliphatic carbocycles. The number of anilines is 1. The summed E-state index contributed by atoms with van der Waals surface area (Å²) >= 11 is 3.50. The molecule has 2 heterocycles. The molecule has 0 saturated carbocycles. The number of aliphatic hydroxyl groups is 1. The van der Waals surface area contributed by atoms with E-state index in [1.54, 1.807) is 13.2 Å². The number of halogens is 2. The van der Waals surface area contributed by atoms with Gasteiger partial charge in [-0.1, -0.05) is 0 Å². The highest BCUT2D eigenvalue weighted by Gasteiger charge is 2.26. The van der Waals surface area contributed by atoms with Crippen molar-refractivity contribution in [2.24, 2.45) is 0 Å². The lowest BCUT2D eigenvalue weighted by Gasteiger charge is -2.37. The maximum absolute atomic E-state index is 13.7. The van der Waals surface area contributed by atoms with Gasteiger partial charge in [-0.05, 0) is 65.2 Å². The number of rotatable bonds is 5. The molecule has 0 bridgehead atoms. The Morgan fingerprint density at radius 3 is 2.67 bits per heavy atom. The molecule has 1 unspecified atom stereocenters. The topological polar surface area (TPSA) is 45.2 Å². The van der Waals surface area contributed by atoms with E-state index in [-0.39, 0.29) is 5.82 Å². The molecule has 2 aliphatic rings. The summed E-state index contributed by atoms with van der Waals surface area (Å²) in [5.41, 5.74) is 3.62. The van der Waals surface area contributed by atoms with Crippen molar-refractivity contribution in [1.29, 1.82) is 0 Å². The second-order valence-electron chi connectivity index (χ2n) is 7.66. The number of hydrogen-bond acceptors (Lipinski definition) is 5. The zero-order valence-electron chi connectivity index (χ0n) is 17.2. The van der Waals surface area contributed by atoms with Crippen LogP contribution in [0.4, 0.5) is 10.1 Å². The van der Waals surface area contributed by atoms with Gasteiger partial charge in [0.25, 0.3) is 0 Å². The molecular weight excluding hydrogens is 451 g/mol. The number of allylic oxidation sites excluding steroid dienone is 1. The van der Waals surface area contributed by atoms with E-state index >= 15 is 0 Å². The first-order valence-corrected chi connectivity index (χ1v) is 10.9. The van der Waals surface area contributed by atoms with Crippen LogP contribution in [0.5, 0.6) is 11.5 Å². The first-order chi connectivity index (χ1) is 14.5. The van der Waals surface area contributed by atoms with Crippen molar-refractivity contribution in [3.05, 3.63) is 57.8 Å². The lowest BCUT2D eigenvalue weighted by molar-refractivity contribution is 0.00847. The van der Waals surface area contributed by atoms with Crippen molar-refractivity contribution < 1.29 is 19.0 Å². The van der Waals surface area contributed by atoms with Crippen molar-refractivity contribution >= 4 is 27.2 Å². The average Bonchev–Trinajstić information content (AvgIpc) is 2.75. The third-order valence-corrected chi connectivity index (χ3v) is 6.59. The fraction of sp³-hybridized carbons (Fsp3) is 0.391. The number of piperazine rings is 1. The quantitative estimate of drug-likeness (QED) is 0.696. The molecule has 4 rings (SSSR count). The van der Waals surface area contributed by atoms with Gasteiger partial charge in [0.05, 0.1) is 11.6 Å². The highest BCUT2D eigenvalue weighted by atomic mass is 79.9. The predicted octanol–water partition coefficient (Wildman–Crippen LogP) is 4.29. The fourth-order valence-electron chi connectivity index (χ4n) is 4.11. The summed E-state index contributed by atoms with van der Waals surface area (Å²) in [4.78, 5) is 4.74. The Morgan fingerprint density at radius 2 is 1.93 bits per heavy atom. The molecule has 0 aromatic heterocycles. The number of hydrogen-bond donors (Lipinski definition) is 1. The lowest BCUT2D eigenvalue weighted by atomic mass is 9.95. The van der Waals surface area contributed by atoms with Gasteiger partial charge < -0.3 is 19.5 Å². The van der Waals surface area contributed by atoms with Gasteiger partial charge >= 0.3 is 0 Å². The van der Waals surface area contributed by atoms with Crippen LogP contribution in [-0.4, -0.2) is 56.1 Å². The Morgan fingerprint density at radius 1 is 1.17 bits per heavy atom. The second kappa shape index (κ2) is 8.96. The van der Waals surface area contributed by atoms with Crippen LogP contribution in [0.3, 0.4) is 0 Å². The van der Waals surface area contributed by atoms with Crippen LogP contribution in [0, 0.1) is 5.82 Å². The molecule has 0 amide bonds. The molecule has 1 saturated heterocycles. The van der Waals surface area contributed by atoms with Crippen molar-refractivity contribution in [2.45, 2.75) is 19.6 Å². The number of benzene rings is 2. The molecule has 1 atom stereocenters. The highest BCUT2D eigenvalue weighted by molar-refractivity contribution is 9.10. The number of ether oxygens (including phenoxy) is 2. The molecule has 30 heavy (non-hydrogen) atoms. The Bertz CT molecular complexity index is 957. The van der Waals surface area contributed by atoms with E-state index in [0.29, 0.717) is 12.2 Å². The smallest absolute Gasteiger partial charge is 0.220 e. The standard InChI is InChI=1S/C23H26BrFN2O3/c1-15-18(23(28)30-21-6-3-16(25)13-19(15)21)7-8-26-9-11-27(12-10-26)17-4-5-20(24)22(14-17)29-2/h3-6,13-14,23,28H,7-12H2,1-2H3. The van der Waals surface area contributed by atoms with Gasteiger partial charge in [-0.2, -0.15) is 0 Å². The van der Waals surface area contributed by atoms with Gasteiger partial charge in [-0.15, -0.1) is 0 Å². The molecule has 0 spiro atoms. The van der Waals surface area contributed by atoms with Gasteiger partial charge in [0.2, 0.25) is 6.29 Å². The van der Waals surface area contributed by atoms with Crippen LogP contribution in [-0.2, 0) is 0 Å². The van der Waals surface area contributed by atoms with E-state index in [9.17, 15) is 9.50 Å². The minimum atomic E-state index is -0.973. The van der Waals surface area contributed by atoms with Gasteiger partial charge in [-0.3, -0.25) is 4.90 Å². The summed E-state index contributed by atoms with van der Waals surface area (Å²) < 4.78 is 25.6. The van der Waals surface area contributed by atoms with Crippen molar-refractivity contribution in [1.82, 2.24) is 4.90 Å². The first-order valence-electron chi connectivity index (χ1n) is 10.1. The maximum Gasteiger partial charge on any atom is 0.220 e.